The highest BCUT2D eigenvalue weighted by Gasteiger charge is 2.32. The molecule has 2 nitrogen and oxygen atoms in total. The first-order valence-electron chi connectivity index (χ1n) is 12.5. The zero-order valence-electron chi connectivity index (χ0n) is 18.8. The topological polar surface area (TPSA) is 26.3 Å². The van der Waals surface area contributed by atoms with Crippen molar-refractivity contribution in [2.24, 2.45) is 11.8 Å². The summed E-state index contributed by atoms with van der Waals surface area (Å²) in [5.74, 6) is 1.73. The smallest absolute Gasteiger partial charge is 0.338 e. The molecule has 162 valence electrons. The van der Waals surface area contributed by atoms with Crippen LogP contribution in [0.3, 0.4) is 0 Å². The van der Waals surface area contributed by atoms with Gasteiger partial charge in [0.05, 0.1) is 5.56 Å². The van der Waals surface area contributed by atoms with Crippen molar-refractivity contribution in [1.29, 1.82) is 0 Å². The van der Waals surface area contributed by atoms with Gasteiger partial charge in [0, 0.05) is 8.80 Å². The number of benzene rings is 1. The van der Waals surface area contributed by atoms with Crippen molar-refractivity contribution in [3.8, 4) is 0 Å². The van der Waals surface area contributed by atoms with E-state index in [1.54, 1.807) is 18.1 Å². The first-order chi connectivity index (χ1) is 14.2. The van der Waals surface area contributed by atoms with Crippen LogP contribution in [0.5, 0.6) is 0 Å². The van der Waals surface area contributed by atoms with Crippen molar-refractivity contribution in [1.82, 2.24) is 0 Å². The third-order valence-electron chi connectivity index (χ3n) is 7.51. The average molecular weight is 415 g/mol. The lowest BCUT2D eigenvalue weighted by Crippen LogP contribution is -2.31. The maximum absolute atomic E-state index is 12.5. The highest BCUT2D eigenvalue weighted by molar-refractivity contribution is 6.58. The number of aryl methyl sites for hydroxylation is 1. The van der Waals surface area contributed by atoms with Gasteiger partial charge >= 0.3 is 5.97 Å². The van der Waals surface area contributed by atoms with Gasteiger partial charge in [-0.25, -0.2) is 4.79 Å². The van der Waals surface area contributed by atoms with Crippen LogP contribution in [0.4, 0.5) is 0 Å². The summed E-state index contributed by atoms with van der Waals surface area (Å²) in [7, 11) is -0.368. The molecule has 0 N–H and O–H groups in total. The number of ether oxygens (including phenoxy) is 1. The molecule has 1 aliphatic carbocycles. The van der Waals surface area contributed by atoms with Crippen LogP contribution in [0.2, 0.25) is 18.1 Å². The number of carbonyl (C=O) groups is 1. The third kappa shape index (κ3) is 6.98. The van der Waals surface area contributed by atoms with Gasteiger partial charge in [-0.15, -0.1) is 0 Å². The molecule has 1 saturated carbocycles. The molecule has 3 heteroatoms. The van der Waals surface area contributed by atoms with Crippen molar-refractivity contribution >= 4 is 14.8 Å². The van der Waals surface area contributed by atoms with Crippen LogP contribution >= 0.6 is 0 Å². The molecule has 2 aliphatic rings. The van der Waals surface area contributed by atoms with Crippen LogP contribution in [0.1, 0.15) is 94.0 Å². The number of rotatable bonds is 9. The van der Waals surface area contributed by atoms with E-state index >= 15 is 0 Å². The fourth-order valence-corrected chi connectivity index (χ4v) is 9.12. The molecule has 0 bridgehead atoms. The first kappa shape index (κ1) is 22.6. The third-order valence-corrected chi connectivity index (χ3v) is 11.2. The number of unbranched alkanes of at least 4 members (excludes halogenated alkanes) is 2. The van der Waals surface area contributed by atoms with E-state index in [0.717, 1.165) is 31.1 Å². The van der Waals surface area contributed by atoms with E-state index in [1.165, 1.54) is 56.9 Å². The summed E-state index contributed by atoms with van der Waals surface area (Å²) in [5, 5.41) is 0. The Morgan fingerprint density at radius 3 is 2.17 bits per heavy atom. The number of hydrogen-bond donors (Lipinski definition) is 0. The van der Waals surface area contributed by atoms with Gasteiger partial charge in [-0.05, 0) is 68.1 Å². The second kappa shape index (κ2) is 11.9. The predicted octanol–water partition coefficient (Wildman–Crippen LogP) is 7.18. The monoisotopic (exact) mass is 414 g/mol. The fourth-order valence-electron chi connectivity index (χ4n) is 5.64. The lowest BCUT2D eigenvalue weighted by molar-refractivity contribution is 0.0127. The molecule has 2 fully saturated rings. The second-order valence-electron chi connectivity index (χ2n) is 9.67. The Labute approximate surface area is 180 Å². The Morgan fingerprint density at radius 1 is 0.897 bits per heavy atom. The van der Waals surface area contributed by atoms with Crippen molar-refractivity contribution in [3.63, 3.8) is 0 Å². The van der Waals surface area contributed by atoms with Gasteiger partial charge in [0.1, 0.15) is 6.10 Å². The Hall–Kier alpha value is -1.09. The predicted molar refractivity (Wildman–Crippen MR) is 125 cm³/mol. The molecule has 1 saturated heterocycles. The maximum Gasteiger partial charge on any atom is 0.338 e. The van der Waals surface area contributed by atoms with Gasteiger partial charge in [-0.3, -0.25) is 0 Å². The zero-order valence-corrected chi connectivity index (χ0v) is 20.0. The van der Waals surface area contributed by atoms with Gasteiger partial charge in [0.25, 0.3) is 0 Å². The molecule has 0 unspecified atom stereocenters. The molecule has 0 aromatic heterocycles. The Balaban J connectivity index is 1.38. The lowest BCUT2D eigenvalue weighted by atomic mass is 9.76. The number of esters is 1. The molecule has 0 atom stereocenters. The molecule has 29 heavy (non-hydrogen) atoms. The summed E-state index contributed by atoms with van der Waals surface area (Å²) in [6.45, 7) is 4.58. The largest absolute Gasteiger partial charge is 0.459 e. The summed E-state index contributed by atoms with van der Waals surface area (Å²) in [6, 6.07) is 12.8. The zero-order chi connectivity index (χ0) is 20.5. The summed E-state index contributed by atoms with van der Waals surface area (Å²) >= 11 is 0. The molecular weight excluding hydrogens is 372 g/mol. The first-order valence-corrected chi connectivity index (χ1v) is 14.9. The van der Waals surface area contributed by atoms with E-state index in [0.29, 0.717) is 5.56 Å². The van der Waals surface area contributed by atoms with Gasteiger partial charge in [-0.1, -0.05) is 76.2 Å². The molecule has 3 rings (SSSR count). The SMILES string of the molecule is CCCCCc1ccc(C(=O)OC2CCC(C3CC[SiH](CCC)CC3)CC2)cc1. The van der Waals surface area contributed by atoms with E-state index in [4.69, 9.17) is 4.74 Å². The highest BCUT2D eigenvalue weighted by atomic mass is 28.3. The Bertz CT molecular complexity index is 596. The van der Waals surface area contributed by atoms with E-state index in [9.17, 15) is 4.79 Å². The fraction of sp³-hybridized carbons (Fsp3) is 0.731. The molecular formula is C26H42O2Si. The number of hydrogen-bond acceptors (Lipinski definition) is 2. The van der Waals surface area contributed by atoms with Gasteiger partial charge < -0.3 is 4.74 Å². The van der Waals surface area contributed by atoms with E-state index in [1.807, 2.05) is 12.1 Å². The molecule has 1 aliphatic heterocycles. The van der Waals surface area contributed by atoms with Gasteiger partial charge in [0.2, 0.25) is 0 Å². The van der Waals surface area contributed by atoms with Crippen LogP contribution < -0.4 is 0 Å². The summed E-state index contributed by atoms with van der Waals surface area (Å²) in [4.78, 5) is 12.5. The minimum absolute atomic E-state index is 0.125. The van der Waals surface area contributed by atoms with Crippen LogP contribution in [0.15, 0.2) is 24.3 Å². The molecule has 0 amide bonds. The quantitative estimate of drug-likeness (QED) is 0.243. The molecule has 0 radical (unpaired) electrons. The van der Waals surface area contributed by atoms with E-state index in [-0.39, 0.29) is 20.9 Å². The molecule has 1 aromatic carbocycles. The van der Waals surface area contributed by atoms with E-state index < -0.39 is 0 Å². The molecule has 0 spiro atoms. The van der Waals surface area contributed by atoms with Crippen molar-refractivity contribution in [2.45, 2.75) is 109 Å². The van der Waals surface area contributed by atoms with Gasteiger partial charge in [0.15, 0.2) is 0 Å². The van der Waals surface area contributed by atoms with Crippen molar-refractivity contribution in [2.75, 3.05) is 0 Å². The average Bonchev–Trinajstić information content (AvgIpc) is 2.76. The van der Waals surface area contributed by atoms with E-state index in [2.05, 4.69) is 26.0 Å². The van der Waals surface area contributed by atoms with Crippen LogP contribution in [-0.4, -0.2) is 20.9 Å². The van der Waals surface area contributed by atoms with Crippen LogP contribution in [0.25, 0.3) is 0 Å². The highest BCUT2D eigenvalue weighted by Crippen LogP contribution is 2.40. The normalized spacial score (nSPS) is 27.5. The second-order valence-corrected chi connectivity index (χ2v) is 13.1. The summed E-state index contributed by atoms with van der Waals surface area (Å²) < 4.78 is 5.87. The summed E-state index contributed by atoms with van der Waals surface area (Å²) in [6.07, 6.45) is 14.0. The lowest BCUT2D eigenvalue weighted by Gasteiger charge is -2.37. The maximum atomic E-state index is 12.5. The minimum Gasteiger partial charge on any atom is -0.459 e. The van der Waals surface area contributed by atoms with Crippen molar-refractivity contribution in [3.05, 3.63) is 35.4 Å². The molecule has 1 aromatic rings. The molecule has 1 heterocycles. The minimum atomic E-state index is -0.368. The number of carbonyl (C=O) groups excluding carboxylic acids is 1. The van der Waals surface area contributed by atoms with Crippen molar-refractivity contribution < 1.29 is 9.53 Å². The Kier molecular flexibility index (Phi) is 9.29. The van der Waals surface area contributed by atoms with Crippen LogP contribution in [0, 0.1) is 11.8 Å². The van der Waals surface area contributed by atoms with Crippen LogP contribution in [-0.2, 0) is 11.2 Å². The van der Waals surface area contributed by atoms with Gasteiger partial charge in [-0.2, -0.15) is 0 Å². The summed E-state index contributed by atoms with van der Waals surface area (Å²) in [5.41, 5.74) is 2.04. The standard InChI is InChI=1S/C26H42O2Si/c1-3-5-6-7-21-8-10-24(11-9-21)26(27)28-25-14-12-22(13-15-25)23-16-19-29(18-4-2)20-17-23/h8-11,22-23,25,29H,3-7,12-20H2,1-2H3. The Morgan fingerprint density at radius 2 is 1.55 bits per heavy atom.